The molecule has 0 fully saturated rings. The Labute approximate surface area is 99.5 Å². The first-order chi connectivity index (χ1) is 7.47. The van der Waals surface area contributed by atoms with Gasteiger partial charge in [0.2, 0.25) is 5.89 Å². The number of nitrogens with one attached hydrogen (secondary N) is 1. The monoisotopic (exact) mass is 280 g/mol. The van der Waals surface area contributed by atoms with Gasteiger partial charge in [-0.3, -0.25) is 0 Å². The highest BCUT2D eigenvalue weighted by Gasteiger charge is 2.20. The lowest BCUT2D eigenvalue weighted by molar-refractivity contribution is 0.534. The van der Waals surface area contributed by atoms with Gasteiger partial charge in [-0.1, -0.05) is 28.0 Å². The quantitative estimate of drug-likeness (QED) is 0.909. The average molecular weight is 281 g/mol. The van der Waals surface area contributed by atoms with E-state index in [1.807, 2.05) is 0 Å². The van der Waals surface area contributed by atoms with Crippen molar-refractivity contribution in [1.29, 1.82) is 0 Å². The Morgan fingerprint density at radius 1 is 1.50 bits per heavy atom. The van der Waals surface area contributed by atoms with Gasteiger partial charge in [-0.2, -0.15) is 0 Å². The van der Waals surface area contributed by atoms with E-state index in [0.717, 1.165) is 17.5 Å². The molecule has 7 nitrogen and oxygen atoms in total. The van der Waals surface area contributed by atoms with E-state index in [4.69, 9.17) is 16.0 Å². The minimum absolute atomic E-state index is 0.0200. The summed E-state index contributed by atoms with van der Waals surface area (Å²) in [6, 6.07) is -0.193. The van der Waals surface area contributed by atoms with Crippen LogP contribution in [0.4, 0.5) is 6.01 Å². The molecule has 2 aromatic heterocycles. The Balaban J connectivity index is 2.27. The lowest BCUT2D eigenvalue weighted by atomic mass is 10.8. The Bertz CT molecular complexity index is 605. The van der Waals surface area contributed by atoms with Gasteiger partial charge in [0, 0.05) is 6.92 Å². The molecule has 0 saturated heterocycles. The lowest BCUT2D eigenvalue weighted by Gasteiger charge is -1.98. The van der Waals surface area contributed by atoms with Crippen molar-refractivity contribution in [2.45, 2.75) is 11.1 Å². The number of anilines is 1. The smallest absolute Gasteiger partial charge is 0.329 e. The Hall–Kier alpha value is -1.19. The summed E-state index contributed by atoms with van der Waals surface area (Å²) in [5.41, 5.74) is 0. The molecule has 86 valence electrons. The zero-order valence-corrected chi connectivity index (χ0v) is 10.2. The summed E-state index contributed by atoms with van der Waals surface area (Å²) >= 11 is 6.37. The molecule has 0 unspecified atom stereocenters. The van der Waals surface area contributed by atoms with Gasteiger partial charge in [-0.25, -0.2) is 18.1 Å². The zero-order chi connectivity index (χ0) is 11.8. The molecule has 2 rings (SSSR count). The number of hydrogen-bond donors (Lipinski definition) is 1. The molecule has 0 spiro atoms. The number of thiazole rings is 1. The van der Waals surface area contributed by atoms with Crippen LogP contribution in [0.3, 0.4) is 0 Å². The third-order valence-corrected chi connectivity index (χ3v) is 4.37. The van der Waals surface area contributed by atoms with Gasteiger partial charge in [0.25, 0.3) is 10.0 Å². The fourth-order valence-corrected chi connectivity index (χ4v) is 3.08. The molecular formula is C6H5ClN4O3S2. The predicted octanol–water partition coefficient (Wildman–Crippen LogP) is 1.29. The maximum absolute atomic E-state index is 11.7. The number of rotatable bonds is 3. The molecule has 2 aromatic rings. The molecule has 0 amide bonds. The highest BCUT2D eigenvalue weighted by atomic mass is 35.5. The second kappa shape index (κ2) is 4.00. The van der Waals surface area contributed by atoms with E-state index in [0.29, 0.717) is 0 Å². The van der Waals surface area contributed by atoms with Crippen LogP contribution in [0, 0.1) is 6.92 Å². The van der Waals surface area contributed by atoms with Gasteiger partial charge >= 0.3 is 6.01 Å². The summed E-state index contributed by atoms with van der Waals surface area (Å²) in [5.74, 6) is 0.264. The first kappa shape index (κ1) is 11.3. The standard InChI is InChI=1S/C6H5ClN4O3S2/c1-3-9-10-6(14-3)11-16(12,13)4-2-8-5(7)15-4/h2H,1H3,(H,10,11). The van der Waals surface area contributed by atoms with E-state index < -0.39 is 10.0 Å². The number of hydrogen-bond acceptors (Lipinski definition) is 7. The van der Waals surface area contributed by atoms with Crippen LogP contribution in [0.1, 0.15) is 5.89 Å². The molecule has 16 heavy (non-hydrogen) atoms. The van der Waals surface area contributed by atoms with Crippen molar-refractivity contribution in [1.82, 2.24) is 15.2 Å². The third-order valence-electron chi connectivity index (χ3n) is 1.47. The van der Waals surface area contributed by atoms with Crippen molar-refractivity contribution in [3.63, 3.8) is 0 Å². The summed E-state index contributed by atoms with van der Waals surface area (Å²) in [6.07, 6.45) is 1.15. The normalized spacial score (nSPS) is 11.6. The number of aromatic nitrogens is 3. The van der Waals surface area contributed by atoms with Crippen LogP contribution in [0.15, 0.2) is 14.8 Å². The van der Waals surface area contributed by atoms with Crippen LogP contribution in [0.2, 0.25) is 4.47 Å². The van der Waals surface area contributed by atoms with E-state index >= 15 is 0 Å². The van der Waals surface area contributed by atoms with E-state index in [9.17, 15) is 8.42 Å². The summed E-state index contributed by atoms with van der Waals surface area (Å²) in [5, 5.41) is 7.00. The van der Waals surface area contributed by atoms with Crippen molar-refractivity contribution in [3.05, 3.63) is 16.6 Å². The molecule has 0 aromatic carbocycles. The van der Waals surface area contributed by atoms with Crippen molar-refractivity contribution < 1.29 is 12.8 Å². The Morgan fingerprint density at radius 2 is 2.25 bits per heavy atom. The third kappa shape index (κ3) is 2.31. The highest BCUT2D eigenvalue weighted by Crippen LogP contribution is 2.24. The molecule has 0 aliphatic heterocycles. The molecule has 1 N–H and O–H groups in total. The lowest BCUT2D eigenvalue weighted by Crippen LogP contribution is -2.11. The number of nitrogens with zero attached hydrogens (tertiary/aromatic N) is 3. The van der Waals surface area contributed by atoms with E-state index in [1.54, 1.807) is 6.92 Å². The fourth-order valence-electron chi connectivity index (χ4n) is 0.866. The van der Waals surface area contributed by atoms with Crippen molar-refractivity contribution in [2.24, 2.45) is 0 Å². The summed E-state index contributed by atoms with van der Waals surface area (Å²) in [6.45, 7) is 1.55. The van der Waals surface area contributed by atoms with Crippen LogP contribution in [0.5, 0.6) is 0 Å². The van der Waals surface area contributed by atoms with Gasteiger partial charge in [0.15, 0.2) is 8.68 Å². The average Bonchev–Trinajstić information content (AvgIpc) is 2.75. The summed E-state index contributed by atoms with van der Waals surface area (Å²) in [7, 11) is -3.75. The van der Waals surface area contributed by atoms with Crippen molar-refractivity contribution >= 4 is 39.0 Å². The van der Waals surface area contributed by atoms with Crippen LogP contribution in [-0.4, -0.2) is 23.6 Å². The molecule has 0 aliphatic rings. The SMILES string of the molecule is Cc1nnc(NS(=O)(=O)c2cnc(Cl)s2)o1. The van der Waals surface area contributed by atoms with Crippen LogP contribution in [-0.2, 0) is 10.0 Å². The van der Waals surface area contributed by atoms with Gasteiger partial charge in [0.05, 0.1) is 6.20 Å². The maximum Gasteiger partial charge on any atom is 0.329 e. The second-order valence-corrected chi connectivity index (χ2v) is 6.19. The Kier molecular flexibility index (Phi) is 2.82. The van der Waals surface area contributed by atoms with Crippen LogP contribution in [0.25, 0.3) is 0 Å². The van der Waals surface area contributed by atoms with Gasteiger partial charge in [-0.15, -0.1) is 5.10 Å². The fraction of sp³-hybridized carbons (Fsp3) is 0.167. The Morgan fingerprint density at radius 3 is 2.75 bits per heavy atom. The van der Waals surface area contributed by atoms with Crippen LogP contribution < -0.4 is 4.72 Å². The topological polar surface area (TPSA) is 98.0 Å². The molecule has 2 heterocycles. The van der Waals surface area contributed by atoms with E-state index in [2.05, 4.69) is 19.9 Å². The van der Waals surface area contributed by atoms with E-state index in [-0.39, 0.29) is 20.6 Å². The van der Waals surface area contributed by atoms with Gasteiger partial charge in [0.1, 0.15) is 0 Å². The van der Waals surface area contributed by atoms with Crippen LogP contribution >= 0.6 is 22.9 Å². The minimum atomic E-state index is -3.75. The predicted molar refractivity (Wildman–Crippen MR) is 57.0 cm³/mol. The summed E-state index contributed by atoms with van der Waals surface area (Å²) < 4.78 is 30.5. The molecule has 0 saturated carbocycles. The van der Waals surface area contributed by atoms with Crippen molar-refractivity contribution in [2.75, 3.05) is 4.72 Å². The number of halogens is 1. The summed E-state index contributed by atoms with van der Waals surface area (Å²) in [4.78, 5) is 3.63. The number of aryl methyl sites for hydroxylation is 1. The highest BCUT2D eigenvalue weighted by molar-refractivity contribution is 7.94. The maximum atomic E-state index is 11.7. The van der Waals surface area contributed by atoms with Gasteiger partial charge in [-0.05, 0) is 0 Å². The molecule has 0 bridgehead atoms. The second-order valence-electron chi connectivity index (χ2n) is 2.66. The van der Waals surface area contributed by atoms with E-state index in [1.165, 1.54) is 0 Å². The first-order valence-corrected chi connectivity index (χ1v) is 6.59. The molecule has 0 radical (unpaired) electrons. The molecular weight excluding hydrogens is 276 g/mol. The molecule has 10 heteroatoms. The van der Waals surface area contributed by atoms with Gasteiger partial charge < -0.3 is 4.42 Å². The largest absolute Gasteiger partial charge is 0.408 e. The zero-order valence-electron chi connectivity index (χ0n) is 7.84. The number of sulfonamides is 1. The molecule has 0 atom stereocenters. The minimum Gasteiger partial charge on any atom is -0.408 e. The molecule has 0 aliphatic carbocycles. The van der Waals surface area contributed by atoms with Crippen molar-refractivity contribution in [3.8, 4) is 0 Å². The first-order valence-electron chi connectivity index (χ1n) is 3.91.